The molecule has 1 saturated carbocycles. The van der Waals surface area contributed by atoms with E-state index in [1.165, 1.54) is 0 Å². The zero-order valence-corrected chi connectivity index (χ0v) is 14.0. The number of hydrazine groups is 1. The van der Waals surface area contributed by atoms with Crippen LogP contribution < -0.4 is 25.6 Å². The molecule has 4 rings (SSSR count). The maximum atomic E-state index is 12.4. The van der Waals surface area contributed by atoms with Gasteiger partial charge in [0, 0.05) is 24.9 Å². The summed E-state index contributed by atoms with van der Waals surface area (Å²) in [6.07, 6.45) is 4.52. The number of hydrogen-bond donors (Lipinski definition) is 3. The monoisotopic (exact) mass is 345 g/mol. The molecule has 2 fully saturated rings. The van der Waals surface area contributed by atoms with E-state index in [4.69, 9.17) is 9.47 Å². The van der Waals surface area contributed by atoms with Gasteiger partial charge in [0.1, 0.15) is 0 Å². The van der Waals surface area contributed by atoms with Gasteiger partial charge in [0.15, 0.2) is 11.5 Å². The predicted octanol–water partition coefficient (Wildman–Crippen LogP) is 1.23. The van der Waals surface area contributed by atoms with E-state index in [9.17, 15) is 9.59 Å². The topological polar surface area (TPSA) is 88.7 Å². The average Bonchev–Trinajstić information content (AvgIpc) is 3.10. The summed E-state index contributed by atoms with van der Waals surface area (Å²) in [7, 11) is 0. The molecule has 25 heavy (non-hydrogen) atoms. The van der Waals surface area contributed by atoms with Crippen LogP contribution in [-0.4, -0.2) is 24.6 Å². The minimum absolute atomic E-state index is 0.000228. The van der Waals surface area contributed by atoms with Crippen molar-refractivity contribution in [2.45, 2.75) is 44.7 Å². The van der Waals surface area contributed by atoms with Crippen molar-refractivity contribution in [2.24, 2.45) is 11.8 Å². The van der Waals surface area contributed by atoms with Crippen molar-refractivity contribution in [1.82, 2.24) is 16.2 Å². The Morgan fingerprint density at radius 3 is 2.96 bits per heavy atom. The van der Waals surface area contributed by atoms with Crippen LogP contribution >= 0.6 is 0 Å². The Morgan fingerprint density at radius 1 is 1.20 bits per heavy atom. The lowest BCUT2D eigenvalue weighted by Gasteiger charge is -2.40. The van der Waals surface area contributed by atoms with E-state index in [1.807, 2.05) is 18.2 Å². The van der Waals surface area contributed by atoms with Gasteiger partial charge in [0.2, 0.25) is 18.6 Å². The van der Waals surface area contributed by atoms with E-state index >= 15 is 0 Å². The molecule has 0 bridgehead atoms. The number of fused-ring (bicyclic) bond motifs is 2. The molecule has 7 heteroatoms. The van der Waals surface area contributed by atoms with Crippen LogP contribution in [0.25, 0.3) is 0 Å². The van der Waals surface area contributed by atoms with Gasteiger partial charge < -0.3 is 14.8 Å². The first-order valence-corrected chi connectivity index (χ1v) is 8.91. The molecule has 2 aliphatic heterocycles. The molecular formula is C18H23N3O4. The Kier molecular flexibility index (Phi) is 4.48. The molecule has 0 aromatic heterocycles. The molecule has 2 amide bonds. The second kappa shape index (κ2) is 6.92. The number of amides is 2. The van der Waals surface area contributed by atoms with E-state index in [0.29, 0.717) is 18.7 Å². The van der Waals surface area contributed by atoms with E-state index in [-0.39, 0.29) is 36.5 Å². The highest BCUT2D eigenvalue weighted by Gasteiger charge is 2.40. The zero-order chi connectivity index (χ0) is 17.2. The first-order valence-electron chi connectivity index (χ1n) is 8.91. The van der Waals surface area contributed by atoms with Crippen molar-refractivity contribution in [3.8, 4) is 11.5 Å². The fourth-order valence-corrected chi connectivity index (χ4v) is 4.06. The number of carbonyl (C=O) groups is 2. The van der Waals surface area contributed by atoms with Crippen LogP contribution in [-0.2, 0) is 16.1 Å². The lowest BCUT2D eigenvalue weighted by molar-refractivity contribution is -0.135. The van der Waals surface area contributed by atoms with Crippen molar-refractivity contribution >= 4 is 11.8 Å². The molecule has 2 heterocycles. The minimum Gasteiger partial charge on any atom is -0.454 e. The Morgan fingerprint density at radius 2 is 2.04 bits per heavy atom. The highest BCUT2D eigenvalue weighted by Crippen LogP contribution is 2.35. The van der Waals surface area contributed by atoms with Crippen molar-refractivity contribution in [3.05, 3.63) is 23.8 Å². The van der Waals surface area contributed by atoms with E-state index in [0.717, 1.165) is 37.0 Å². The number of nitrogens with one attached hydrogen (secondary N) is 3. The summed E-state index contributed by atoms with van der Waals surface area (Å²) in [5.74, 6) is 1.80. The van der Waals surface area contributed by atoms with Crippen LogP contribution in [0.15, 0.2) is 18.2 Å². The summed E-state index contributed by atoms with van der Waals surface area (Å²) in [4.78, 5) is 24.3. The van der Waals surface area contributed by atoms with Crippen LogP contribution in [0.3, 0.4) is 0 Å². The van der Waals surface area contributed by atoms with Gasteiger partial charge in [-0.15, -0.1) is 0 Å². The number of hydrogen-bond acceptors (Lipinski definition) is 5. The Bertz CT molecular complexity index is 678. The van der Waals surface area contributed by atoms with Gasteiger partial charge in [-0.3, -0.25) is 15.0 Å². The Hall–Kier alpha value is -2.28. The molecular weight excluding hydrogens is 322 g/mol. The summed E-state index contributed by atoms with van der Waals surface area (Å²) < 4.78 is 10.6. The highest BCUT2D eigenvalue weighted by molar-refractivity contribution is 5.81. The molecule has 0 radical (unpaired) electrons. The predicted molar refractivity (Wildman–Crippen MR) is 89.5 cm³/mol. The lowest BCUT2D eigenvalue weighted by Crippen LogP contribution is -2.60. The molecule has 3 atom stereocenters. The third kappa shape index (κ3) is 3.42. The molecule has 1 saturated heterocycles. The summed E-state index contributed by atoms with van der Waals surface area (Å²) in [6.45, 7) is 0.690. The third-order valence-electron chi connectivity index (χ3n) is 5.39. The molecule has 1 aromatic rings. The van der Waals surface area contributed by atoms with E-state index < -0.39 is 0 Å². The second-order valence-corrected chi connectivity index (χ2v) is 6.96. The number of carbonyl (C=O) groups excluding carboxylic acids is 2. The van der Waals surface area contributed by atoms with Crippen molar-refractivity contribution < 1.29 is 19.1 Å². The van der Waals surface area contributed by atoms with E-state index in [2.05, 4.69) is 16.2 Å². The maximum Gasteiger partial charge on any atom is 0.237 e. The SMILES string of the molecule is O=C(CC1NNC(=O)C2CCCCC12)NCc1ccc2c(c1)OCO2. The van der Waals surface area contributed by atoms with Gasteiger partial charge in [-0.25, -0.2) is 5.43 Å². The van der Waals surface area contributed by atoms with Crippen LogP contribution in [0, 0.1) is 11.8 Å². The molecule has 134 valence electrons. The summed E-state index contributed by atoms with van der Waals surface area (Å²) in [5, 5.41) is 2.96. The molecule has 1 aliphatic carbocycles. The Labute approximate surface area is 146 Å². The molecule has 7 nitrogen and oxygen atoms in total. The van der Waals surface area contributed by atoms with Gasteiger partial charge >= 0.3 is 0 Å². The van der Waals surface area contributed by atoms with Gasteiger partial charge in [0.25, 0.3) is 0 Å². The molecule has 3 aliphatic rings. The molecule has 3 N–H and O–H groups in total. The van der Waals surface area contributed by atoms with Crippen LogP contribution in [0.1, 0.15) is 37.7 Å². The lowest BCUT2D eigenvalue weighted by atomic mass is 9.73. The smallest absolute Gasteiger partial charge is 0.237 e. The summed E-state index contributed by atoms with van der Waals surface area (Å²) in [5.41, 5.74) is 6.74. The van der Waals surface area contributed by atoms with Gasteiger partial charge in [0.05, 0.1) is 0 Å². The number of rotatable bonds is 4. The average molecular weight is 345 g/mol. The van der Waals surface area contributed by atoms with Gasteiger partial charge in [-0.05, 0) is 36.5 Å². The Balaban J connectivity index is 1.32. The maximum absolute atomic E-state index is 12.4. The molecule has 1 aromatic carbocycles. The third-order valence-corrected chi connectivity index (χ3v) is 5.39. The second-order valence-electron chi connectivity index (χ2n) is 6.96. The fourth-order valence-electron chi connectivity index (χ4n) is 4.06. The highest BCUT2D eigenvalue weighted by atomic mass is 16.7. The van der Waals surface area contributed by atoms with Gasteiger partial charge in [-0.1, -0.05) is 18.9 Å². The fraction of sp³-hybridized carbons (Fsp3) is 0.556. The minimum atomic E-state index is -0.0179. The standard InChI is InChI=1S/C18H23N3O4/c22-17(19-9-11-5-6-15-16(7-11)25-10-24-15)8-14-12-3-1-2-4-13(12)18(23)21-20-14/h5-7,12-14,20H,1-4,8-10H2,(H,19,22)(H,21,23). The van der Waals surface area contributed by atoms with Crippen molar-refractivity contribution in [3.63, 3.8) is 0 Å². The molecule has 0 spiro atoms. The number of ether oxygens (including phenoxy) is 2. The van der Waals surface area contributed by atoms with E-state index in [1.54, 1.807) is 0 Å². The van der Waals surface area contributed by atoms with Crippen molar-refractivity contribution in [2.75, 3.05) is 6.79 Å². The number of benzene rings is 1. The molecule has 3 unspecified atom stereocenters. The summed E-state index contributed by atoms with van der Waals surface area (Å²) >= 11 is 0. The first-order chi connectivity index (χ1) is 12.2. The first kappa shape index (κ1) is 16.2. The quantitative estimate of drug-likeness (QED) is 0.764. The van der Waals surface area contributed by atoms with Crippen LogP contribution in [0.5, 0.6) is 11.5 Å². The van der Waals surface area contributed by atoms with Gasteiger partial charge in [-0.2, -0.15) is 0 Å². The normalized spacial score (nSPS) is 27.4. The zero-order valence-electron chi connectivity index (χ0n) is 14.0. The van der Waals surface area contributed by atoms with Crippen LogP contribution in [0.2, 0.25) is 0 Å². The van der Waals surface area contributed by atoms with Crippen LogP contribution in [0.4, 0.5) is 0 Å². The summed E-state index contributed by atoms with van der Waals surface area (Å²) in [6, 6.07) is 5.66. The van der Waals surface area contributed by atoms with Crippen molar-refractivity contribution in [1.29, 1.82) is 0 Å². The largest absolute Gasteiger partial charge is 0.454 e.